The number of rotatable bonds is 5. The molecule has 17 heavy (non-hydrogen) atoms. The Morgan fingerprint density at radius 2 is 2.06 bits per heavy atom. The summed E-state index contributed by atoms with van der Waals surface area (Å²) in [6.07, 6.45) is 3.69. The molecule has 0 amide bonds. The first kappa shape index (κ1) is 13.0. The zero-order valence-corrected chi connectivity index (χ0v) is 9.85. The second-order valence-corrected chi connectivity index (χ2v) is 3.80. The van der Waals surface area contributed by atoms with Crippen molar-refractivity contribution in [2.24, 2.45) is 0 Å². The fourth-order valence-electron chi connectivity index (χ4n) is 1.12. The lowest BCUT2D eigenvalue weighted by Gasteiger charge is -2.00. The zero-order valence-electron chi connectivity index (χ0n) is 9.85. The van der Waals surface area contributed by atoms with Gasteiger partial charge in [0.15, 0.2) is 0 Å². The number of ether oxygens (including phenoxy) is 1. The molecule has 0 fully saturated rings. The van der Waals surface area contributed by atoms with Gasteiger partial charge in [-0.15, -0.1) is 6.58 Å². The average molecular weight is 232 g/mol. The van der Waals surface area contributed by atoms with E-state index in [1.165, 1.54) is 6.08 Å². The molecule has 1 rings (SSSR count). The third kappa shape index (κ3) is 5.56. The molecule has 1 N–H and O–H groups in total. The number of hydrogen-bond acceptors (Lipinski definition) is 3. The lowest BCUT2D eigenvalue weighted by atomic mass is 10.2. The van der Waals surface area contributed by atoms with Gasteiger partial charge in [0, 0.05) is 12.5 Å². The summed E-state index contributed by atoms with van der Waals surface area (Å²) < 4.78 is 4.96. The van der Waals surface area contributed by atoms with Gasteiger partial charge in [0.25, 0.3) is 0 Å². The Morgan fingerprint density at radius 1 is 1.41 bits per heavy atom. The molecule has 1 aromatic carbocycles. The monoisotopic (exact) mass is 232 g/mol. The van der Waals surface area contributed by atoms with Crippen LogP contribution in [0.3, 0.4) is 0 Å². The summed E-state index contributed by atoms with van der Waals surface area (Å²) in [4.78, 5) is 11.3. The minimum absolute atomic E-state index is 0.200. The highest BCUT2D eigenvalue weighted by Gasteiger charge is 1.96. The molecule has 0 heterocycles. The number of phenolic OH excluding ortho intramolecular Hbond substituents is 1. The van der Waals surface area contributed by atoms with Crippen LogP contribution in [0.5, 0.6) is 5.75 Å². The molecular weight excluding hydrogens is 216 g/mol. The Hall–Kier alpha value is -2.03. The van der Waals surface area contributed by atoms with Crippen LogP contribution >= 0.6 is 0 Å². The Kier molecular flexibility index (Phi) is 5.01. The summed E-state index contributed by atoms with van der Waals surface area (Å²) in [5, 5.41) is 9.08. The van der Waals surface area contributed by atoms with Crippen LogP contribution in [0.25, 0.3) is 6.08 Å². The van der Waals surface area contributed by atoms with E-state index in [4.69, 9.17) is 9.84 Å². The lowest BCUT2D eigenvalue weighted by Crippen LogP contribution is -2.02. The molecule has 90 valence electrons. The number of hydrogen-bond donors (Lipinski definition) is 1. The van der Waals surface area contributed by atoms with E-state index in [1.807, 2.05) is 6.92 Å². The highest BCUT2D eigenvalue weighted by molar-refractivity contribution is 5.87. The predicted molar refractivity (Wildman–Crippen MR) is 67.5 cm³/mol. The second kappa shape index (κ2) is 6.53. The molecule has 3 heteroatoms. The molecule has 0 aliphatic carbocycles. The fraction of sp³-hybridized carbons (Fsp3) is 0.214. The van der Waals surface area contributed by atoms with Crippen molar-refractivity contribution in [3.05, 3.63) is 48.1 Å². The van der Waals surface area contributed by atoms with Crippen LogP contribution in [-0.4, -0.2) is 17.7 Å². The molecule has 1 aromatic rings. The fourth-order valence-corrected chi connectivity index (χ4v) is 1.12. The highest BCUT2D eigenvalue weighted by Crippen LogP contribution is 2.10. The quantitative estimate of drug-likeness (QED) is 0.482. The van der Waals surface area contributed by atoms with Crippen molar-refractivity contribution in [3.8, 4) is 5.75 Å². The number of carbonyl (C=O) groups is 1. The minimum atomic E-state index is -0.376. The first-order valence-corrected chi connectivity index (χ1v) is 5.36. The van der Waals surface area contributed by atoms with E-state index in [1.54, 1.807) is 30.3 Å². The lowest BCUT2D eigenvalue weighted by molar-refractivity contribution is -0.137. The Bertz CT molecular complexity index is 416. The molecule has 0 unspecified atom stereocenters. The molecule has 0 saturated carbocycles. The number of phenols is 1. The highest BCUT2D eigenvalue weighted by atomic mass is 16.5. The smallest absolute Gasteiger partial charge is 0.330 e. The van der Waals surface area contributed by atoms with Crippen LogP contribution in [0.15, 0.2) is 42.5 Å². The molecule has 3 nitrogen and oxygen atoms in total. The van der Waals surface area contributed by atoms with Crippen molar-refractivity contribution in [2.45, 2.75) is 13.3 Å². The van der Waals surface area contributed by atoms with E-state index in [-0.39, 0.29) is 11.7 Å². The van der Waals surface area contributed by atoms with Gasteiger partial charge in [-0.05, 0) is 30.7 Å². The largest absolute Gasteiger partial charge is 0.508 e. The molecule has 0 aromatic heterocycles. The predicted octanol–water partition coefficient (Wildman–Crippen LogP) is 2.91. The summed E-state index contributed by atoms with van der Waals surface area (Å²) in [7, 11) is 0. The van der Waals surface area contributed by atoms with Crippen LogP contribution in [0, 0.1) is 0 Å². The molecule has 0 aliphatic rings. The summed E-state index contributed by atoms with van der Waals surface area (Å²) in [6, 6.07) is 6.55. The molecule has 0 atom stereocenters. The van der Waals surface area contributed by atoms with Crippen molar-refractivity contribution in [1.29, 1.82) is 0 Å². The van der Waals surface area contributed by atoms with Crippen LogP contribution < -0.4 is 0 Å². The summed E-state index contributed by atoms with van der Waals surface area (Å²) in [5.74, 6) is -0.175. The van der Waals surface area contributed by atoms with E-state index in [0.29, 0.717) is 13.0 Å². The molecular formula is C14H16O3. The van der Waals surface area contributed by atoms with Crippen LogP contribution in [-0.2, 0) is 9.53 Å². The molecule has 0 aliphatic heterocycles. The SMILES string of the molecule is C=C(C)CCOC(=O)/C=C/c1ccc(O)cc1. The van der Waals surface area contributed by atoms with Crippen molar-refractivity contribution in [2.75, 3.05) is 6.61 Å². The van der Waals surface area contributed by atoms with Gasteiger partial charge in [-0.3, -0.25) is 0 Å². The maximum Gasteiger partial charge on any atom is 0.330 e. The van der Waals surface area contributed by atoms with Gasteiger partial charge in [-0.1, -0.05) is 17.7 Å². The standard InChI is InChI=1S/C14H16O3/c1-11(2)9-10-17-14(16)8-5-12-3-6-13(15)7-4-12/h3-8,15H,1,9-10H2,2H3/b8-5+. The number of benzene rings is 1. The van der Waals surface area contributed by atoms with E-state index >= 15 is 0 Å². The summed E-state index contributed by atoms with van der Waals surface area (Å²) in [6.45, 7) is 5.97. The van der Waals surface area contributed by atoms with E-state index < -0.39 is 0 Å². The van der Waals surface area contributed by atoms with E-state index in [9.17, 15) is 4.79 Å². The number of aromatic hydroxyl groups is 1. The number of esters is 1. The van der Waals surface area contributed by atoms with E-state index in [2.05, 4.69) is 6.58 Å². The van der Waals surface area contributed by atoms with Crippen molar-refractivity contribution >= 4 is 12.0 Å². The Morgan fingerprint density at radius 3 is 2.65 bits per heavy atom. The first-order valence-electron chi connectivity index (χ1n) is 5.36. The van der Waals surface area contributed by atoms with Crippen molar-refractivity contribution in [1.82, 2.24) is 0 Å². The van der Waals surface area contributed by atoms with Gasteiger partial charge in [0.1, 0.15) is 5.75 Å². The molecule has 0 saturated heterocycles. The van der Waals surface area contributed by atoms with Crippen LogP contribution in [0.2, 0.25) is 0 Å². The zero-order chi connectivity index (χ0) is 12.7. The van der Waals surface area contributed by atoms with Crippen LogP contribution in [0.4, 0.5) is 0 Å². The van der Waals surface area contributed by atoms with Crippen molar-refractivity contribution in [3.63, 3.8) is 0 Å². The van der Waals surface area contributed by atoms with E-state index in [0.717, 1.165) is 11.1 Å². The van der Waals surface area contributed by atoms with Gasteiger partial charge in [-0.25, -0.2) is 4.79 Å². The second-order valence-electron chi connectivity index (χ2n) is 3.80. The maximum atomic E-state index is 11.3. The molecule has 0 spiro atoms. The Labute approximate surface area is 101 Å². The third-order valence-corrected chi connectivity index (χ3v) is 2.08. The number of carbonyl (C=O) groups excluding carboxylic acids is 1. The van der Waals surface area contributed by atoms with Gasteiger partial charge in [0.05, 0.1) is 6.61 Å². The minimum Gasteiger partial charge on any atom is -0.508 e. The van der Waals surface area contributed by atoms with Gasteiger partial charge in [0.2, 0.25) is 0 Å². The normalized spacial score (nSPS) is 10.4. The average Bonchev–Trinajstić information content (AvgIpc) is 2.28. The third-order valence-electron chi connectivity index (χ3n) is 2.08. The topological polar surface area (TPSA) is 46.5 Å². The molecule has 0 radical (unpaired) electrons. The van der Waals surface area contributed by atoms with Gasteiger partial charge >= 0.3 is 5.97 Å². The summed E-state index contributed by atoms with van der Waals surface area (Å²) >= 11 is 0. The van der Waals surface area contributed by atoms with Gasteiger partial charge < -0.3 is 9.84 Å². The Balaban J connectivity index is 2.40. The maximum absolute atomic E-state index is 11.3. The molecule has 0 bridgehead atoms. The van der Waals surface area contributed by atoms with Gasteiger partial charge in [-0.2, -0.15) is 0 Å². The van der Waals surface area contributed by atoms with Crippen LogP contribution in [0.1, 0.15) is 18.9 Å². The first-order chi connectivity index (χ1) is 8.08. The van der Waals surface area contributed by atoms with Crippen molar-refractivity contribution < 1.29 is 14.6 Å². The summed E-state index contributed by atoms with van der Waals surface area (Å²) in [5.41, 5.74) is 1.82.